The van der Waals surface area contributed by atoms with Crippen LogP contribution in [0.5, 0.6) is 0 Å². The molecular formula is C14H19NO3. The van der Waals surface area contributed by atoms with E-state index in [1.807, 2.05) is 31.2 Å². The smallest absolute Gasteiger partial charge is 0.317 e. The van der Waals surface area contributed by atoms with E-state index in [0.717, 1.165) is 16.7 Å². The van der Waals surface area contributed by atoms with Crippen LogP contribution in [0.2, 0.25) is 0 Å². The monoisotopic (exact) mass is 249 g/mol. The summed E-state index contributed by atoms with van der Waals surface area (Å²) in [6.07, 6.45) is -0.806. The minimum atomic E-state index is -0.955. The van der Waals surface area contributed by atoms with Crippen molar-refractivity contribution >= 4 is 11.5 Å². The van der Waals surface area contributed by atoms with Crippen molar-refractivity contribution in [1.82, 2.24) is 4.90 Å². The molecular weight excluding hydrogens is 230 g/mol. The van der Waals surface area contributed by atoms with Gasteiger partial charge in [0.1, 0.15) is 6.23 Å². The summed E-state index contributed by atoms with van der Waals surface area (Å²) in [6, 6.07) is 7.67. The van der Waals surface area contributed by atoms with Crippen molar-refractivity contribution in [3.63, 3.8) is 0 Å². The number of hydrogen-bond acceptors (Lipinski definition) is 3. The maximum atomic E-state index is 10.8. The normalized spacial score (nSPS) is 12.4. The quantitative estimate of drug-likeness (QED) is 0.756. The molecule has 0 amide bonds. The number of rotatable bonds is 6. The average Bonchev–Trinajstić information content (AvgIpc) is 2.27. The van der Waals surface area contributed by atoms with E-state index >= 15 is 0 Å². The lowest BCUT2D eigenvalue weighted by Gasteiger charge is -2.24. The highest BCUT2D eigenvalue weighted by Gasteiger charge is 2.16. The zero-order valence-corrected chi connectivity index (χ0v) is 10.8. The van der Waals surface area contributed by atoms with Crippen molar-refractivity contribution in [2.45, 2.75) is 26.6 Å². The molecule has 1 rings (SSSR count). The molecule has 0 aliphatic heterocycles. The zero-order chi connectivity index (χ0) is 13.7. The van der Waals surface area contributed by atoms with Crippen molar-refractivity contribution in [3.05, 3.63) is 42.0 Å². The minimum absolute atomic E-state index is 0.192. The van der Waals surface area contributed by atoms with Gasteiger partial charge in [0.2, 0.25) is 0 Å². The summed E-state index contributed by atoms with van der Waals surface area (Å²) >= 11 is 0. The van der Waals surface area contributed by atoms with Gasteiger partial charge in [0.25, 0.3) is 0 Å². The minimum Gasteiger partial charge on any atom is -0.480 e. The number of aliphatic carboxylic acids is 1. The fourth-order valence-electron chi connectivity index (χ4n) is 1.79. The Bertz CT molecular complexity index is 440. The molecule has 1 aromatic carbocycles. The molecule has 0 bridgehead atoms. The molecule has 1 unspecified atom stereocenters. The summed E-state index contributed by atoms with van der Waals surface area (Å²) < 4.78 is 0. The molecule has 18 heavy (non-hydrogen) atoms. The Hall–Kier alpha value is -1.65. The van der Waals surface area contributed by atoms with Gasteiger partial charge in [0.05, 0.1) is 6.54 Å². The molecule has 0 radical (unpaired) electrons. The number of nitrogens with zero attached hydrogens (tertiary/aromatic N) is 1. The van der Waals surface area contributed by atoms with Crippen molar-refractivity contribution in [1.29, 1.82) is 0 Å². The van der Waals surface area contributed by atoms with Crippen LogP contribution in [0.1, 0.15) is 25.0 Å². The number of carboxylic acid groups (broad SMARTS) is 1. The predicted octanol–water partition coefficient (Wildman–Crippen LogP) is 1.94. The first-order valence-electron chi connectivity index (χ1n) is 5.79. The third kappa shape index (κ3) is 3.98. The SMILES string of the molecule is C=C(C)c1ccccc1CN(CC(=O)O)C(C)O. The highest BCUT2D eigenvalue weighted by Crippen LogP contribution is 2.19. The number of allylic oxidation sites excluding steroid dienone is 1. The summed E-state index contributed by atoms with van der Waals surface area (Å²) in [5.74, 6) is -0.955. The lowest BCUT2D eigenvalue weighted by Crippen LogP contribution is -2.36. The summed E-state index contributed by atoms with van der Waals surface area (Å²) in [7, 11) is 0. The van der Waals surface area contributed by atoms with E-state index in [1.165, 1.54) is 4.90 Å². The lowest BCUT2D eigenvalue weighted by atomic mass is 10.0. The molecule has 0 heterocycles. The fourth-order valence-corrected chi connectivity index (χ4v) is 1.79. The third-order valence-corrected chi connectivity index (χ3v) is 2.72. The Morgan fingerprint density at radius 2 is 2.06 bits per heavy atom. The van der Waals surface area contributed by atoms with Crippen molar-refractivity contribution in [3.8, 4) is 0 Å². The van der Waals surface area contributed by atoms with Crippen molar-refractivity contribution in [2.75, 3.05) is 6.54 Å². The Morgan fingerprint density at radius 3 is 2.56 bits per heavy atom. The van der Waals surface area contributed by atoms with Gasteiger partial charge in [0, 0.05) is 6.54 Å². The predicted molar refractivity (Wildman–Crippen MR) is 70.9 cm³/mol. The van der Waals surface area contributed by atoms with Gasteiger partial charge in [-0.1, -0.05) is 36.4 Å². The molecule has 4 nitrogen and oxygen atoms in total. The van der Waals surface area contributed by atoms with E-state index in [2.05, 4.69) is 6.58 Å². The second-order valence-corrected chi connectivity index (χ2v) is 4.37. The number of aliphatic hydroxyl groups excluding tert-OH is 1. The topological polar surface area (TPSA) is 60.8 Å². The van der Waals surface area contributed by atoms with E-state index in [4.69, 9.17) is 5.11 Å². The zero-order valence-electron chi connectivity index (χ0n) is 10.8. The average molecular weight is 249 g/mol. The summed E-state index contributed by atoms with van der Waals surface area (Å²) in [5, 5.41) is 18.4. The van der Waals surface area contributed by atoms with E-state index in [0.29, 0.717) is 6.54 Å². The highest BCUT2D eigenvalue weighted by atomic mass is 16.4. The molecule has 0 aromatic heterocycles. The van der Waals surface area contributed by atoms with Gasteiger partial charge < -0.3 is 10.2 Å². The second kappa shape index (κ2) is 6.33. The number of hydrogen-bond donors (Lipinski definition) is 2. The number of benzene rings is 1. The lowest BCUT2D eigenvalue weighted by molar-refractivity contribution is -0.141. The number of carboxylic acids is 1. The number of aliphatic hydroxyl groups is 1. The number of carbonyl (C=O) groups is 1. The standard InChI is InChI=1S/C14H19NO3/c1-10(2)13-7-5-4-6-12(13)8-15(11(3)16)9-14(17)18/h4-7,11,16H,1,8-9H2,2-3H3,(H,17,18). The molecule has 2 N–H and O–H groups in total. The highest BCUT2D eigenvalue weighted by molar-refractivity contribution is 5.69. The Labute approximate surface area is 107 Å². The molecule has 0 saturated carbocycles. The summed E-state index contributed by atoms with van der Waals surface area (Å²) in [5.41, 5.74) is 2.88. The molecule has 0 saturated heterocycles. The Kier molecular flexibility index (Phi) is 5.07. The maximum absolute atomic E-state index is 10.8. The van der Waals surface area contributed by atoms with Gasteiger partial charge in [-0.15, -0.1) is 0 Å². The van der Waals surface area contributed by atoms with Crippen LogP contribution < -0.4 is 0 Å². The molecule has 1 atom stereocenters. The van der Waals surface area contributed by atoms with Crippen LogP contribution in [0, 0.1) is 0 Å². The van der Waals surface area contributed by atoms with Crippen molar-refractivity contribution < 1.29 is 15.0 Å². The van der Waals surface area contributed by atoms with Gasteiger partial charge in [-0.05, 0) is 25.0 Å². The molecule has 0 aliphatic rings. The Balaban J connectivity index is 2.93. The molecule has 4 heteroatoms. The van der Waals surface area contributed by atoms with Crippen LogP contribution in [0.3, 0.4) is 0 Å². The first-order chi connectivity index (χ1) is 8.41. The van der Waals surface area contributed by atoms with Crippen LogP contribution in [-0.2, 0) is 11.3 Å². The first kappa shape index (κ1) is 14.4. The summed E-state index contributed by atoms with van der Waals surface area (Å²) in [6.45, 7) is 7.56. The van der Waals surface area contributed by atoms with Gasteiger partial charge in [-0.2, -0.15) is 0 Å². The molecule has 1 aromatic rings. The van der Waals surface area contributed by atoms with E-state index < -0.39 is 12.2 Å². The largest absolute Gasteiger partial charge is 0.480 e. The Morgan fingerprint density at radius 1 is 1.44 bits per heavy atom. The van der Waals surface area contributed by atoms with Gasteiger partial charge in [-0.25, -0.2) is 0 Å². The van der Waals surface area contributed by atoms with Crippen LogP contribution in [0.4, 0.5) is 0 Å². The van der Waals surface area contributed by atoms with E-state index in [1.54, 1.807) is 6.92 Å². The molecule has 0 spiro atoms. The van der Waals surface area contributed by atoms with Gasteiger partial charge in [0.15, 0.2) is 0 Å². The van der Waals surface area contributed by atoms with Crippen LogP contribution in [-0.4, -0.2) is 33.9 Å². The fraction of sp³-hybridized carbons (Fsp3) is 0.357. The molecule has 0 fully saturated rings. The first-order valence-corrected chi connectivity index (χ1v) is 5.79. The third-order valence-electron chi connectivity index (χ3n) is 2.72. The maximum Gasteiger partial charge on any atom is 0.317 e. The van der Waals surface area contributed by atoms with Gasteiger partial charge >= 0.3 is 5.97 Å². The van der Waals surface area contributed by atoms with Gasteiger partial charge in [-0.3, -0.25) is 9.69 Å². The molecule has 0 aliphatic carbocycles. The van der Waals surface area contributed by atoms with E-state index in [9.17, 15) is 9.90 Å². The summed E-state index contributed by atoms with van der Waals surface area (Å²) in [4.78, 5) is 12.2. The van der Waals surface area contributed by atoms with Crippen LogP contribution in [0.15, 0.2) is 30.8 Å². The van der Waals surface area contributed by atoms with Crippen LogP contribution in [0.25, 0.3) is 5.57 Å². The second-order valence-electron chi connectivity index (χ2n) is 4.37. The molecule has 98 valence electrons. The van der Waals surface area contributed by atoms with E-state index in [-0.39, 0.29) is 6.54 Å². The van der Waals surface area contributed by atoms with Crippen LogP contribution >= 0.6 is 0 Å². The van der Waals surface area contributed by atoms with Crippen molar-refractivity contribution in [2.24, 2.45) is 0 Å².